The van der Waals surface area contributed by atoms with Crippen LogP contribution in [0.2, 0.25) is 0 Å². The normalized spacial score (nSPS) is 15.1. The van der Waals surface area contributed by atoms with Crippen molar-refractivity contribution >= 4 is 31.0 Å². The predicted molar refractivity (Wildman–Crippen MR) is 180 cm³/mol. The monoisotopic (exact) mass is 702 g/mol. The molecule has 0 aliphatic heterocycles. The van der Waals surface area contributed by atoms with Gasteiger partial charge in [-0.3, -0.25) is 14.1 Å². The molecule has 0 fully saturated rings. The van der Waals surface area contributed by atoms with Gasteiger partial charge in [0.05, 0.1) is 11.5 Å². The number of nitrogens with zero attached hydrogens (tertiary/aromatic N) is 4. The van der Waals surface area contributed by atoms with Gasteiger partial charge in [0.15, 0.2) is 11.9 Å². The molecule has 0 radical (unpaired) electrons. The third-order valence-corrected chi connectivity index (χ3v) is 9.15. The summed E-state index contributed by atoms with van der Waals surface area (Å²) < 4.78 is 49.4. The molecule has 0 amide bonds. The van der Waals surface area contributed by atoms with E-state index in [0.717, 1.165) is 5.56 Å². The number of carbonyl (C=O) groups excluding carboxylic acids is 2. The third-order valence-electron chi connectivity index (χ3n) is 7.50. The molecule has 49 heavy (non-hydrogen) atoms. The van der Waals surface area contributed by atoms with Crippen molar-refractivity contribution in [2.75, 3.05) is 26.1 Å². The molecule has 0 saturated carbocycles. The Kier molecular flexibility index (Phi) is 13.2. The van der Waals surface area contributed by atoms with Crippen molar-refractivity contribution in [3.63, 3.8) is 0 Å². The zero-order chi connectivity index (χ0) is 36.6. The summed E-state index contributed by atoms with van der Waals surface area (Å²) in [6.45, 7) is 13.7. The van der Waals surface area contributed by atoms with Gasteiger partial charge in [-0.25, -0.2) is 14.1 Å². The molecule has 2 aromatic heterocycles. The standard InChI is InChI=1S/C33H47N6O9P/c1-21(2)30(40)47-27(16-24-12-15-26-29(35)36-20-37-39(24)26)28(45-19-34)17-46-49(42,38-22(3)31(41)44-18-33(7,8)43-9)48-25-13-10-23(11-14-25)32(4,5)6/h10-15,20-22,27-28H,16-18H2,1-9H3,(H,38,42)(H2,35,36,37)/t22-,27-,28+,49?/m0/s1. The molecule has 0 bridgehead atoms. The summed E-state index contributed by atoms with van der Waals surface area (Å²) >= 11 is 0. The van der Waals surface area contributed by atoms with Crippen molar-refractivity contribution in [1.29, 1.82) is 5.26 Å². The van der Waals surface area contributed by atoms with Crippen molar-refractivity contribution in [2.24, 2.45) is 5.92 Å². The zero-order valence-corrected chi connectivity index (χ0v) is 30.4. The third kappa shape index (κ3) is 11.2. The van der Waals surface area contributed by atoms with Crippen molar-refractivity contribution < 1.29 is 42.1 Å². The first kappa shape index (κ1) is 39.2. The number of benzene rings is 1. The smallest absolute Gasteiger partial charge is 0.459 e. The van der Waals surface area contributed by atoms with Gasteiger partial charge < -0.3 is 29.2 Å². The first-order valence-corrected chi connectivity index (χ1v) is 17.3. The second kappa shape index (κ2) is 16.5. The Labute approximate surface area is 286 Å². The van der Waals surface area contributed by atoms with Crippen LogP contribution in [0, 0.1) is 17.4 Å². The maximum atomic E-state index is 14.4. The molecular formula is C33H47N6O9P. The number of ether oxygens (including phenoxy) is 4. The van der Waals surface area contributed by atoms with Crippen LogP contribution in [-0.4, -0.2) is 70.7 Å². The summed E-state index contributed by atoms with van der Waals surface area (Å²) in [6.07, 6.45) is 0.505. The lowest BCUT2D eigenvalue weighted by Crippen LogP contribution is -2.41. The minimum Gasteiger partial charge on any atom is -0.461 e. The number of fused-ring (bicyclic) bond motifs is 1. The first-order chi connectivity index (χ1) is 22.9. The molecule has 15 nitrogen and oxygen atoms in total. The van der Waals surface area contributed by atoms with E-state index in [1.807, 2.05) is 32.9 Å². The maximum Gasteiger partial charge on any atom is 0.459 e. The number of hydrogen-bond donors (Lipinski definition) is 2. The molecule has 0 aliphatic rings. The number of nitrogens with one attached hydrogen (secondary N) is 1. The van der Waals surface area contributed by atoms with Crippen molar-refractivity contribution in [2.45, 2.75) is 91.1 Å². The lowest BCUT2D eigenvalue weighted by molar-refractivity contribution is -0.160. The van der Waals surface area contributed by atoms with Crippen LogP contribution in [0.1, 0.15) is 66.6 Å². The lowest BCUT2D eigenvalue weighted by atomic mass is 9.87. The average molecular weight is 703 g/mol. The fraction of sp³-hybridized carbons (Fsp3) is 0.545. The molecule has 1 unspecified atom stereocenters. The largest absolute Gasteiger partial charge is 0.461 e. The SMILES string of the molecule is COC(C)(C)COC(=O)[C@H](C)NP(=O)(OC[C@@H](OC#N)[C@H](Cc1ccc2c(N)ncnn12)OC(=O)C(C)C)Oc1ccc(C(C)(C)C)cc1. The topological polar surface area (TPSA) is 199 Å². The number of nitriles is 1. The van der Waals surface area contributed by atoms with Gasteiger partial charge in [-0.1, -0.05) is 46.8 Å². The van der Waals surface area contributed by atoms with Gasteiger partial charge in [0.1, 0.15) is 43.0 Å². The van der Waals surface area contributed by atoms with E-state index in [0.29, 0.717) is 11.2 Å². The van der Waals surface area contributed by atoms with Gasteiger partial charge in [-0.15, -0.1) is 0 Å². The van der Waals surface area contributed by atoms with E-state index in [2.05, 4.69) is 15.2 Å². The molecule has 1 aromatic carbocycles. The Morgan fingerprint density at radius 2 is 1.71 bits per heavy atom. The molecular weight excluding hydrogens is 655 g/mol. The van der Waals surface area contributed by atoms with Crippen LogP contribution >= 0.6 is 7.75 Å². The molecule has 268 valence electrons. The van der Waals surface area contributed by atoms with Crippen LogP contribution in [0.25, 0.3) is 5.52 Å². The molecule has 4 atom stereocenters. The quantitative estimate of drug-likeness (QED) is 0.111. The fourth-order valence-electron chi connectivity index (χ4n) is 4.32. The number of nitrogens with two attached hydrogens (primary N) is 1. The fourth-order valence-corrected chi connectivity index (χ4v) is 5.82. The van der Waals surface area contributed by atoms with Crippen molar-refractivity contribution in [1.82, 2.24) is 19.7 Å². The summed E-state index contributed by atoms with van der Waals surface area (Å²) in [5, 5.41) is 16.4. The summed E-state index contributed by atoms with van der Waals surface area (Å²) in [5.41, 5.74) is 7.16. The summed E-state index contributed by atoms with van der Waals surface area (Å²) in [4.78, 5) is 29.7. The van der Waals surface area contributed by atoms with E-state index < -0.39 is 56.1 Å². The van der Waals surface area contributed by atoms with E-state index in [-0.39, 0.29) is 30.0 Å². The highest BCUT2D eigenvalue weighted by Crippen LogP contribution is 2.45. The number of aromatic nitrogens is 3. The predicted octanol–water partition coefficient (Wildman–Crippen LogP) is 4.74. The Hall–Kier alpha value is -4.22. The van der Waals surface area contributed by atoms with Crippen LogP contribution in [0.4, 0.5) is 5.82 Å². The number of esters is 2. The summed E-state index contributed by atoms with van der Waals surface area (Å²) in [7, 11) is -2.93. The highest BCUT2D eigenvalue weighted by molar-refractivity contribution is 7.52. The summed E-state index contributed by atoms with van der Waals surface area (Å²) in [6, 6.07) is 9.16. The highest BCUT2D eigenvalue weighted by Gasteiger charge is 2.37. The highest BCUT2D eigenvalue weighted by atomic mass is 31.2. The molecule has 16 heteroatoms. The Morgan fingerprint density at radius 1 is 1.04 bits per heavy atom. The number of nitrogen functional groups attached to an aromatic ring is 1. The molecule has 0 saturated heterocycles. The van der Waals surface area contributed by atoms with Gasteiger partial charge in [-0.05, 0) is 56.0 Å². The van der Waals surface area contributed by atoms with Crippen molar-refractivity contribution in [3.05, 3.63) is 54.0 Å². The average Bonchev–Trinajstić information content (AvgIpc) is 3.45. The minimum atomic E-state index is -4.42. The number of carbonyl (C=O) groups is 2. The van der Waals surface area contributed by atoms with Gasteiger partial charge in [0.2, 0.25) is 0 Å². The Balaban J connectivity index is 1.93. The summed E-state index contributed by atoms with van der Waals surface area (Å²) in [5.74, 6) is -1.41. The maximum absolute atomic E-state index is 14.4. The van der Waals surface area contributed by atoms with Gasteiger partial charge >= 0.3 is 19.7 Å². The van der Waals surface area contributed by atoms with E-state index >= 15 is 0 Å². The van der Waals surface area contributed by atoms with Crippen LogP contribution < -0.4 is 15.3 Å². The molecule has 2 heterocycles. The van der Waals surface area contributed by atoms with Crippen LogP contribution in [-0.2, 0) is 49.5 Å². The van der Waals surface area contributed by atoms with E-state index in [9.17, 15) is 19.4 Å². The van der Waals surface area contributed by atoms with E-state index in [1.165, 1.54) is 24.9 Å². The van der Waals surface area contributed by atoms with Crippen LogP contribution in [0.15, 0.2) is 42.7 Å². The lowest BCUT2D eigenvalue weighted by Gasteiger charge is -2.28. The first-order valence-electron chi connectivity index (χ1n) is 15.7. The van der Waals surface area contributed by atoms with Gasteiger partial charge in [0.25, 0.3) is 6.26 Å². The van der Waals surface area contributed by atoms with Crippen LogP contribution in [0.3, 0.4) is 0 Å². The van der Waals surface area contributed by atoms with Gasteiger partial charge in [0, 0.05) is 19.2 Å². The second-order valence-electron chi connectivity index (χ2n) is 13.4. The Morgan fingerprint density at radius 3 is 2.31 bits per heavy atom. The second-order valence-corrected chi connectivity index (χ2v) is 15.1. The van der Waals surface area contributed by atoms with Crippen molar-refractivity contribution in [3.8, 4) is 12.0 Å². The number of methoxy groups -OCH3 is 1. The van der Waals surface area contributed by atoms with Crippen LogP contribution in [0.5, 0.6) is 5.75 Å². The molecule has 3 rings (SSSR count). The van der Waals surface area contributed by atoms with E-state index in [1.54, 1.807) is 58.2 Å². The molecule has 0 aliphatic carbocycles. The Bertz CT molecular complexity index is 1660. The number of hydrogen-bond acceptors (Lipinski definition) is 13. The molecule has 0 spiro atoms. The zero-order valence-electron chi connectivity index (χ0n) is 29.5. The van der Waals surface area contributed by atoms with E-state index in [4.69, 9.17) is 33.7 Å². The van der Waals surface area contributed by atoms with Gasteiger partial charge in [-0.2, -0.15) is 15.4 Å². The number of anilines is 1. The molecule has 3 aromatic rings. The minimum absolute atomic E-state index is 0.00362. The number of rotatable bonds is 17. The molecule has 3 N–H and O–H groups in total.